The van der Waals surface area contributed by atoms with Gasteiger partial charge in [0.2, 0.25) is 0 Å². The van der Waals surface area contributed by atoms with Crippen molar-refractivity contribution in [3.63, 3.8) is 0 Å². The van der Waals surface area contributed by atoms with Crippen LogP contribution in [0.15, 0.2) is 60.9 Å². The third-order valence-corrected chi connectivity index (χ3v) is 5.61. The van der Waals surface area contributed by atoms with E-state index < -0.39 is 0 Å². The molecular formula is C23H23FN6. The molecule has 2 unspecified atom stereocenters. The molecule has 0 amide bonds. The van der Waals surface area contributed by atoms with Crippen molar-refractivity contribution in [2.75, 3.05) is 18.0 Å². The van der Waals surface area contributed by atoms with Gasteiger partial charge in [-0.2, -0.15) is 0 Å². The second-order valence-electron chi connectivity index (χ2n) is 7.76. The largest absolute Gasteiger partial charge is 0.349 e. The van der Waals surface area contributed by atoms with Gasteiger partial charge in [0.15, 0.2) is 5.65 Å². The van der Waals surface area contributed by atoms with E-state index in [1.54, 1.807) is 24.5 Å². The SMILES string of the molecule is CC1CNCC(C)N1c1ccc2nc(-c3ccc(F)cc3)n(-c3ccncc3)c2n1. The van der Waals surface area contributed by atoms with Crippen molar-refractivity contribution >= 4 is 17.0 Å². The minimum atomic E-state index is -0.271. The summed E-state index contributed by atoms with van der Waals surface area (Å²) in [6.07, 6.45) is 3.50. The standard InChI is InChI=1S/C23H23FN6/c1-15-13-26-14-16(2)29(15)21-8-7-20-23(28-21)30(19-9-11-25-12-10-19)22(27-20)17-3-5-18(24)6-4-17/h3-12,15-16,26H,13-14H2,1-2H3. The van der Waals surface area contributed by atoms with Gasteiger partial charge in [-0.3, -0.25) is 9.55 Å². The first kappa shape index (κ1) is 18.7. The fourth-order valence-corrected chi connectivity index (χ4v) is 4.21. The van der Waals surface area contributed by atoms with E-state index in [0.717, 1.165) is 47.1 Å². The molecule has 0 radical (unpaired) electrons. The lowest BCUT2D eigenvalue weighted by Crippen LogP contribution is -2.55. The number of nitrogens with zero attached hydrogens (tertiary/aromatic N) is 5. The number of piperazine rings is 1. The second kappa shape index (κ2) is 7.50. The number of aromatic nitrogens is 4. The van der Waals surface area contributed by atoms with Crippen molar-refractivity contribution in [3.05, 3.63) is 66.7 Å². The fraction of sp³-hybridized carbons (Fsp3) is 0.261. The van der Waals surface area contributed by atoms with E-state index in [-0.39, 0.29) is 5.82 Å². The maximum absolute atomic E-state index is 13.5. The highest BCUT2D eigenvalue weighted by Gasteiger charge is 2.26. The summed E-state index contributed by atoms with van der Waals surface area (Å²) in [5.74, 6) is 1.39. The number of anilines is 1. The van der Waals surface area contributed by atoms with E-state index in [4.69, 9.17) is 9.97 Å². The molecule has 7 heteroatoms. The van der Waals surface area contributed by atoms with E-state index in [9.17, 15) is 4.39 Å². The van der Waals surface area contributed by atoms with Crippen LogP contribution in [-0.2, 0) is 0 Å². The van der Waals surface area contributed by atoms with Crippen molar-refractivity contribution in [1.82, 2.24) is 24.8 Å². The van der Waals surface area contributed by atoms with Crippen LogP contribution in [0.1, 0.15) is 13.8 Å². The zero-order valence-corrected chi connectivity index (χ0v) is 17.0. The number of imidazole rings is 1. The molecule has 1 aromatic carbocycles. The third kappa shape index (κ3) is 3.21. The summed E-state index contributed by atoms with van der Waals surface area (Å²) in [6.45, 7) is 6.26. The number of hydrogen-bond donors (Lipinski definition) is 1. The molecule has 0 spiro atoms. The van der Waals surface area contributed by atoms with Crippen LogP contribution in [0, 0.1) is 5.82 Å². The van der Waals surface area contributed by atoms with Crippen molar-refractivity contribution in [1.29, 1.82) is 0 Å². The van der Waals surface area contributed by atoms with Gasteiger partial charge in [0.1, 0.15) is 23.0 Å². The molecule has 4 heterocycles. The molecule has 1 saturated heterocycles. The summed E-state index contributed by atoms with van der Waals surface area (Å²) < 4.78 is 15.5. The van der Waals surface area contributed by atoms with Gasteiger partial charge in [0, 0.05) is 43.1 Å². The Morgan fingerprint density at radius 1 is 0.900 bits per heavy atom. The molecule has 3 aromatic heterocycles. The monoisotopic (exact) mass is 402 g/mol. The molecule has 4 aromatic rings. The molecule has 1 aliphatic heterocycles. The maximum atomic E-state index is 13.5. The molecular weight excluding hydrogens is 379 g/mol. The molecule has 0 saturated carbocycles. The van der Waals surface area contributed by atoms with Crippen molar-refractivity contribution in [2.45, 2.75) is 25.9 Å². The number of hydrogen-bond acceptors (Lipinski definition) is 5. The Kier molecular flexibility index (Phi) is 4.67. The van der Waals surface area contributed by atoms with Gasteiger partial charge < -0.3 is 10.2 Å². The van der Waals surface area contributed by atoms with Gasteiger partial charge in [-0.1, -0.05) is 0 Å². The highest BCUT2D eigenvalue weighted by atomic mass is 19.1. The first-order valence-electron chi connectivity index (χ1n) is 10.2. The van der Waals surface area contributed by atoms with Gasteiger partial charge in [-0.15, -0.1) is 0 Å². The molecule has 152 valence electrons. The van der Waals surface area contributed by atoms with Gasteiger partial charge in [-0.05, 0) is 62.4 Å². The lowest BCUT2D eigenvalue weighted by Gasteiger charge is -2.40. The van der Waals surface area contributed by atoms with E-state index in [1.165, 1.54) is 12.1 Å². The first-order chi connectivity index (χ1) is 14.6. The molecule has 1 fully saturated rings. The minimum Gasteiger partial charge on any atom is -0.349 e. The summed E-state index contributed by atoms with van der Waals surface area (Å²) in [4.78, 5) is 16.4. The van der Waals surface area contributed by atoms with Gasteiger partial charge >= 0.3 is 0 Å². The highest BCUT2D eigenvalue weighted by Crippen LogP contribution is 2.30. The van der Waals surface area contributed by atoms with E-state index in [0.29, 0.717) is 12.1 Å². The Hall–Kier alpha value is -3.32. The highest BCUT2D eigenvalue weighted by molar-refractivity contribution is 5.81. The van der Waals surface area contributed by atoms with Gasteiger partial charge in [0.05, 0.1) is 5.69 Å². The van der Waals surface area contributed by atoms with Crippen LogP contribution < -0.4 is 10.2 Å². The summed E-state index contributed by atoms with van der Waals surface area (Å²) in [5, 5.41) is 3.46. The Balaban J connectivity index is 1.72. The van der Waals surface area contributed by atoms with E-state index in [2.05, 4.69) is 29.0 Å². The van der Waals surface area contributed by atoms with Crippen LogP contribution in [0.4, 0.5) is 10.2 Å². The van der Waals surface area contributed by atoms with Crippen molar-refractivity contribution in [3.8, 4) is 17.1 Å². The number of nitrogens with one attached hydrogen (secondary N) is 1. The summed E-state index contributed by atoms with van der Waals surface area (Å²) in [7, 11) is 0. The van der Waals surface area contributed by atoms with E-state index in [1.807, 2.05) is 28.8 Å². The summed E-state index contributed by atoms with van der Waals surface area (Å²) >= 11 is 0. The van der Waals surface area contributed by atoms with Crippen molar-refractivity contribution in [2.24, 2.45) is 0 Å². The van der Waals surface area contributed by atoms with Crippen LogP contribution in [0.3, 0.4) is 0 Å². The zero-order chi connectivity index (χ0) is 20.7. The van der Waals surface area contributed by atoms with Crippen LogP contribution in [0.2, 0.25) is 0 Å². The number of pyridine rings is 2. The minimum absolute atomic E-state index is 0.271. The molecule has 1 N–H and O–H groups in total. The van der Waals surface area contributed by atoms with Crippen LogP contribution in [0.25, 0.3) is 28.2 Å². The summed E-state index contributed by atoms with van der Waals surface area (Å²) in [6, 6.07) is 15.0. The average molecular weight is 402 g/mol. The molecule has 0 aliphatic carbocycles. The molecule has 5 rings (SSSR count). The Bertz CT molecular complexity index is 1160. The van der Waals surface area contributed by atoms with E-state index >= 15 is 0 Å². The fourth-order valence-electron chi connectivity index (χ4n) is 4.21. The number of rotatable bonds is 3. The van der Waals surface area contributed by atoms with Crippen LogP contribution in [-0.4, -0.2) is 44.7 Å². The molecule has 2 atom stereocenters. The smallest absolute Gasteiger partial charge is 0.167 e. The number of halogens is 1. The Morgan fingerprint density at radius 3 is 2.30 bits per heavy atom. The molecule has 0 bridgehead atoms. The predicted octanol–water partition coefficient (Wildman–Crippen LogP) is 3.81. The van der Waals surface area contributed by atoms with Crippen molar-refractivity contribution < 1.29 is 4.39 Å². The average Bonchev–Trinajstić information content (AvgIpc) is 3.13. The second-order valence-corrected chi connectivity index (χ2v) is 7.76. The quantitative estimate of drug-likeness (QED) is 0.565. The lowest BCUT2D eigenvalue weighted by atomic mass is 10.1. The zero-order valence-electron chi connectivity index (χ0n) is 17.0. The normalized spacial score (nSPS) is 19.4. The predicted molar refractivity (Wildman–Crippen MR) is 116 cm³/mol. The maximum Gasteiger partial charge on any atom is 0.167 e. The first-order valence-corrected chi connectivity index (χ1v) is 10.2. The number of fused-ring (bicyclic) bond motifs is 1. The topological polar surface area (TPSA) is 58.9 Å². The van der Waals surface area contributed by atoms with Crippen LogP contribution >= 0.6 is 0 Å². The van der Waals surface area contributed by atoms with Gasteiger partial charge in [-0.25, -0.2) is 14.4 Å². The third-order valence-electron chi connectivity index (χ3n) is 5.61. The Morgan fingerprint density at radius 2 is 1.60 bits per heavy atom. The Labute approximate surface area is 174 Å². The lowest BCUT2D eigenvalue weighted by molar-refractivity contribution is 0.429. The molecule has 30 heavy (non-hydrogen) atoms. The van der Waals surface area contributed by atoms with Gasteiger partial charge in [0.25, 0.3) is 0 Å². The van der Waals surface area contributed by atoms with Crippen LogP contribution in [0.5, 0.6) is 0 Å². The molecule has 1 aliphatic rings. The number of benzene rings is 1. The molecule has 6 nitrogen and oxygen atoms in total. The summed E-state index contributed by atoms with van der Waals surface area (Å²) in [5.41, 5.74) is 3.32.